The van der Waals surface area contributed by atoms with E-state index < -0.39 is 0 Å². The van der Waals surface area contributed by atoms with Gasteiger partial charge in [0.05, 0.1) is 11.6 Å². The standard InChI is InChI=1S/C14H26N2OS/c1-11-10-18-13(16-11)8-12(14(2,3)4)9-15-6-7-17-5/h10,12,15H,6-9H2,1-5H3. The van der Waals surface area contributed by atoms with Gasteiger partial charge in [0.2, 0.25) is 0 Å². The van der Waals surface area contributed by atoms with Gasteiger partial charge in [-0.05, 0) is 24.8 Å². The highest BCUT2D eigenvalue weighted by atomic mass is 32.1. The number of nitrogens with one attached hydrogen (secondary N) is 1. The van der Waals surface area contributed by atoms with Gasteiger partial charge in [-0.3, -0.25) is 0 Å². The number of rotatable bonds is 7. The molecule has 0 saturated carbocycles. The van der Waals surface area contributed by atoms with Gasteiger partial charge in [0.1, 0.15) is 0 Å². The van der Waals surface area contributed by atoms with Crippen LogP contribution >= 0.6 is 11.3 Å². The number of nitrogens with zero attached hydrogens (tertiary/aromatic N) is 1. The van der Waals surface area contributed by atoms with Crippen LogP contribution in [-0.2, 0) is 11.2 Å². The highest BCUT2D eigenvalue weighted by Gasteiger charge is 2.25. The second kappa shape index (κ2) is 7.22. The van der Waals surface area contributed by atoms with Crippen LogP contribution in [0.4, 0.5) is 0 Å². The zero-order chi connectivity index (χ0) is 13.6. The fraction of sp³-hybridized carbons (Fsp3) is 0.786. The summed E-state index contributed by atoms with van der Waals surface area (Å²) in [6.07, 6.45) is 1.06. The summed E-state index contributed by atoms with van der Waals surface area (Å²) in [5.41, 5.74) is 1.43. The average molecular weight is 270 g/mol. The van der Waals surface area contributed by atoms with E-state index in [4.69, 9.17) is 4.74 Å². The SMILES string of the molecule is COCCNCC(Cc1nc(C)cs1)C(C)(C)C. The predicted molar refractivity (Wildman–Crippen MR) is 78.2 cm³/mol. The lowest BCUT2D eigenvalue weighted by molar-refractivity contribution is 0.186. The molecule has 0 saturated heterocycles. The van der Waals surface area contributed by atoms with Crippen molar-refractivity contribution in [3.8, 4) is 0 Å². The van der Waals surface area contributed by atoms with E-state index in [1.165, 1.54) is 5.01 Å². The quantitative estimate of drug-likeness (QED) is 0.774. The second-order valence-electron chi connectivity index (χ2n) is 5.85. The average Bonchev–Trinajstić information content (AvgIpc) is 2.67. The summed E-state index contributed by atoms with van der Waals surface area (Å²) in [5.74, 6) is 0.597. The van der Waals surface area contributed by atoms with E-state index in [2.05, 4.69) is 43.4 Å². The van der Waals surface area contributed by atoms with Gasteiger partial charge in [0.15, 0.2) is 0 Å². The van der Waals surface area contributed by atoms with E-state index in [1.807, 2.05) is 0 Å². The lowest BCUT2D eigenvalue weighted by atomic mass is 9.79. The number of methoxy groups -OCH3 is 1. The molecule has 1 aromatic heterocycles. The maximum Gasteiger partial charge on any atom is 0.0931 e. The summed E-state index contributed by atoms with van der Waals surface area (Å²) in [4.78, 5) is 4.57. The largest absolute Gasteiger partial charge is 0.383 e. The number of thiazole rings is 1. The van der Waals surface area contributed by atoms with Crippen LogP contribution in [0, 0.1) is 18.3 Å². The van der Waals surface area contributed by atoms with Crippen molar-refractivity contribution in [2.24, 2.45) is 11.3 Å². The Hall–Kier alpha value is -0.450. The van der Waals surface area contributed by atoms with E-state index >= 15 is 0 Å². The molecule has 18 heavy (non-hydrogen) atoms. The van der Waals surface area contributed by atoms with Gasteiger partial charge < -0.3 is 10.1 Å². The Morgan fingerprint density at radius 3 is 2.67 bits per heavy atom. The fourth-order valence-corrected chi connectivity index (χ4v) is 2.70. The summed E-state index contributed by atoms with van der Waals surface area (Å²) in [7, 11) is 1.74. The summed E-state index contributed by atoms with van der Waals surface area (Å²) in [5, 5.41) is 6.86. The van der Waals surface area contributed by atoms with E-state index in [9.17, 15) is 0 Å². The van der Waals surface area contributed by atoms with Crippen molar-refractivity contribution in [2.75, 3.05) is 26.8 Å². The van der Waals surface area contributed by atoms with Gasteiger partial charge in [-0.15, -0.1) is 11.3 Å². The third-order valence-corrected chi connectivity index (χ3v) is 4.18. The van der Waals surface area contributed by atoms with Crippen molar-refractivity contribution in [2.45, 2.75) is 34.1 Å². The molecule has 4 heteroatoms. The lowest BCUT2D eigenvalue weighted by Crippen LogP contribution is -2.34. The molecule has 1 atom stereocenters. The van der Waals surface area contributed by atoms with Crippen LogP contribution in [0.25, 0.3) is 0 Å². The van der Waals surface area contributed by atoms with Crippen molar-refractivity contribution < 1.29 is 4.74 Å². The molecule has 0 radical (unpaired) electrons. The molecule has 0 spiro atoms. The summed E-state index contributed by atoms with van der Waals surface area (Å²) >= 11 is 1.77. The van der Waals surface area contributed by atoms with Crippen molar-refractivity contribution in [3.05, 3.63) is 16.1 Å². The number of ether oxygens (including phenoxy) is 1. The Kier molecular flexibility index (Phi) is 6.26. The number of aryl methyl sites for hydroxylation is 1. The smallest absolute Gasteiger partial charge is 0.0931 e. The molecule has 1 unspecified atom stereocenters. The molecule has 0 aliphatic rings. The predicted octanol–water partition coefficient (Wildman–Crippen LogP) is 2.89. The molecule has 1 rings (SSSR count). The number of aromatic nitrogens is 1. The Balaban J connectivity index is 2.51. The van der Waals surface area contributed by atoms with Crippen LogP contribution in [0.15, 0.2) is 5.38 Å². The summed E-state index contributed by atoms with van der Waals surface area (Å²) in [6.45, 7) is 11.7. The van der Waals surface area contributed by atoms with Gasteiger partial charge in [0, 0.05) is 31.1 Å². The molecule has 1 heterocycles. The van der Waals surface area contributed by atoms with Crippen molar-refractivity contribution in [1.82, 2.24) is 10.3 Å². The van der Waals surface area contributed by atoms with E-state index in [0.717, 1.165) is 31.8 Å². The van der Waals surface area contributed by atoms with Crippen LogP contribution in [0.1, 0.15) is 31.5 Å². The van der Waals surface area contributed by atoms with E-state index in [0.29, 0.717) is 11.3 Å². The molecule has 1 N–H and O–H groups in total. The van der Waals surface area contributed by atoms with Gasteiger partial charge >= 0.3 is 0 Å². The minimum atomic E-state index is 0.291. The second-order valence-corrected chi connectivity index (χ2v) is 6.79. The molecule has 0 bridgehead atoms. The van der Waals surface area contributed by atoms with Crippen LogP contribution < -0.4 is 5.32 Å². The highest BCUT2D eigenvalue weighted by molar-refractivity contribution is 7.09. The van der Waals surface area contributed by atoms with Crippen LogP contribution in [0.3, 0.4) is 0 Å². The molecular weight excluding hydrogens is 244 g/mol. The third kappa shape index (κ3) is 5.46. The minimum absolute atomic E-state index is 0.291. The van der Waals surface area contributed by atoms with Gasteiger partial charge in [0.25, 0.3) is 0 Å². The van der Waals surface area contributed by atoms with Crippen LogP contribution in [0.2, 0.25) is 0 Å². The Morgan fingerprint density at radius 1 is 1.44 bits per heavy atom. The first-order valence-electron chi connectivity index (χ1n) is 6.54. The molecule has 0 amide bonds. The highest BCUT2D eigenvalue weighted by Crippen LogP contribution is 2.29. The molecule has 3 nitrogen and oxygen atoms in total. The maximum atomic E-state index is 5.06. The van der Waals surface area contributed by atoms with Crippen molar-refractivity contribution >= 4 is 11.3 Å². The van der Waals surface area contributed by atoms with E-state index in [1.54, 1.807) is 18.4 Å². The molecule has 0 aliphatic heterocycles. The molecule has 1 aromatic rings. The minimum Gasteiger partial charge on any atom is -0.383 e. The topological polar surface area (TPSA) is 34.1 Å². The zero-order valence-corrected chi connectivity index (χ0v) is 13.1. The first-order valence-corrected chi connectivity index (χ1v) is 7.42. The monoisotopic (exact) mass is 270 g/mol. The maximum absolute atomic E-state index is 5.06. The van der Waals surface area contributed by atoms with Crippen molar-refractivity contribution in [1.29, 1.82) is 0 Å². The Labute approximate surface area is 115 Å². The molecular formula is C14H26N2OS. The molecule has 0 aromatic carbocycles. The zero-order valence-electron chi connectivity index (χ0n) is 12.2. The van der Waals surface area contributed by atoms with Gasteiger partial charge in [-0.1, -0.05) is 20.8 Å². The molecule has 0 aliphatic carbocycles. The van der Waals surface area contributed by atoms with Crippen LogP contribution in [-0.4, -0.2) is 31.8 Å². The lowest BCUT2D eigenvalue weighted by Gasteiger charge is -2.30. The number of hydrogen-bond acceptors (Lipinski definition) is 4. The summed E-state index contributed by atoms with van der Waals surface area (Å²) in [6, 6.07) is 0. The Bertz CT molecular complexity index is 344. The molecule has 104 valence electrons. The number of hydrogen-bond donors (Lipinski definition) is 1. The van der Waals surface area contributed by atoms with Gasteiger partial charge in [-0.2, -0.15) is 0 Å². The first kappa shape index (κ1) is 15.6. The van der Waals surface area contributed by atoms with Crippen LogP contribution in [0.5, 0.6) is 0 Å². The van der Waals surface area contributed by atoms with E-state index in [-0.39, 0.29) is 0 Å². The first-order chi connectivity index (χ1) is 8.43. The normalized spacial score (nSPS) is 13.8. The third-order valence-electron chi connectivity index (χ3n) is 3.19. The fourth-order valence-electron chi connectivity index (χ4n) is 1.84. The summed E-state index contributed by atoms with van der Waals surface area (Å²) < 4.78 is 5.06. The molecule has 0 fully saturated rings. The Morgan fingerprint density at radius 2 is 2.17 bits per heavy atom. The van der Waals surface area contributed by atoms with Gasteiger partial charge in [-0.25, -0.2) is 4.98 Å². The van der Waals surface area contributed by atoms with Crippen molar-refractivity contribution in [3.63, 3.8) is 0 Å².